The number of carbonyl (C=O) groups excluding carboxylic acids is 2. The highest BCUT2D eigenvalue weighted by atomic mass is 16.5. The van der Waals surface area contributed by atoms with E-state index >= 15 is 0 Å². The molecule has 0 spiro atoms. The van der Waals surface area contributed by atoms with Gasteiger partial charge < -0.3 is 30.3 Å². The molecule has 1 fully saturated rings. The molecule has 2 aromatic carbocycles. The van der Waals surface area contributed by atoms with Crippen molar-refractivity contribution in [2.75, 3.05) is 45.3 Å². The van der Waals surface area contributed by atoms with Crippen LogP contribution in [0.1, 0.15) is 15.9 Å². The lowest BCUT2D eigenvalue weighted by molar-refractivity contribution is -0.118. The van der Waals surface area contributed by atoms with Gasteiger partial charge in [0.1, 0.15) is 17.5 Å². The van der Waals surface area contributed by atoms with Crippen LogP contribution in [-0.4, -0.2) is 73.0 Å². The molecule has 1 heterocycles. The first kappa shape index (κ1) is 22.5. The van der Waals surface area contributed by atoms with E-state index in [0.717, 1.165) is 18.7 Å². The minimum absolute atomic E-state index is 0.0442. The van der Waals surface area contributed by atoms with Crippen molar-refractivity contribution in [1.82, 2.24) is 10.2 Å². The molecule has 9 nitrogen and oxygen atoms in total. The van der Waals surface area contributed by atoms with E-state index in [0.29, 0.717) is 31.2 Å². The number of hydrogen-bond acceptors (Lipinski definition) is 7. The number of aliphatic hydroxyl groups is 1. The van der Waals surface area contributed by atoms with Gasteiger partial charge in [0.15, 0.2) is 0 Å². The van der Waals surface area contributed by atoms with Crippen molar-refractivity contribution < 1.29 is 29.3 Å². The standard InChI is InChI=1S/C22H27N3O6/c1-30-19-4-2-3-17(12-19)23-22(29)20(14-26)24-21(28)16-9-15(10-18(27)11-16)13-25-5-7-31-8-6-25/h2-4,9-12,20,26-27H,5-8,13-14H2,1H3,(H,23,29)(H,24,28). The first-order valence-corrected chi connectivity index (χ1v) is 9.98. The molecule has 1 aliphatic rings. The van der Waals surface area contributed by atoms with Crippen LogP contribution >= 0.6 is 0 Å². The molecule has 166 valence electrons. The molecule has 2 aromatic rings. The SMILES string of the molecule is COc1cccc(NC(=O)C(CO)NC(=O)c2cc(O)cc(CN3CCOCC3)c2)c1. The first-order chi connectivity index (χ1) is 15.0. The average Bonchev–Trinajstić information content (AvgIpc) is 2.77. The summed E-state index contributed by atoms with van der Waals surface area (Å²) in [7, 11) is 1.51. The molecule has 0 aromatic heterocycles. The van der Waals surface area contributed by atoms with Gasteiger partial charge in [-0.1, -0.05) is 6.07 Å². The number of nitrogens with one attached hydrogen (secondary N) is 2. The Morgan fingerprint density at radius 1 is 1.19 bits per heavy atom. The topological polar surface area (TPSA) is 120 Å². The summed E-state index contributed by atoms with van der Waals surface area (Å²) in [6.07, 6.45) is 0. The van der Waals surface area contributed by atoms with Crippen LogP contribution in [0.5, 0.6) is 11.5 Å². The van der Waals surface area contributed by atoms with Crippen LogP contribution in [-0.2, 0) is 16.1 Å². The van der Waals surface area contributed by atoms with Gasteiger partial charge >= 0.3 is 0 Å². The summed E-state index contributed by atoms with van der Waals surface area (Å²) in [5.74, 6) is -0.621. The van der Waals surface area contributed by atoms with E-state index in [1.54, 1.807) is 36.4 Å². The number of methoxy groups -OCH3 is 1. The summed E-state index contributed by atoms with van der Waals surface area (Å²) in [6, 6.07) is 10.2. The molecule has 1 aliphatic heterocycles. The predicted octanol–water partition coefficient (Wildman–Crippen LogP) is 0.962. The Morgan fingerprint density at radius 3 is 2.68 bits per heavy atom. The van der Waals surface area contributed by atoms with Crippen LogP contribution in [0.3, 0.4) is 0 Å². The smallest absolute Gasteiger partial charge is 0.252 e. The fraction of sp³-hybridized carbons (Fsp3) is 0.364. The van der Waals surface area contributed by atoms with Crippen LogP contribution in [0.4, 0.5) is 5.69 Å². The summed E-state index contributed by atoms with van der Waals surface area (Å²) in [4.78, 5) is 27.4. The van der Waals surface area contributed by atoms with Crippen molar-refractivity contribution in [2.45, 2.75) is 12.6 Å². The molecule has 0 saturated carbocycles. The number of anilines is 1. The zero-order chi connectivity index (χ0) is 22.2. The van der Waals surface area contributed by atoms with Crippen molar-refractivity contribution >= 4 is 17.5 Å². The second-order valence-corrected chi connectivity index (χ2v) is 7.21. The molecule has 3 rings (SSSR count). The quantitative estimate of drug-likeness (QED) is 0.493. The third-order valence-electron chi connectivity index (χ3n) is 4.89. The van der Waals surface area contributed by atoms with Crippen molar-refractivity contribution in [3.63, 3.8) is 0 Å². The number of phenols is 1. The van der Waals surface area contributed by atoms with E-state index in [1.807, 2.05) is 0 Å². The fourth-order valence-electron chi connectivity index (χ4n) is 3.28. The van der Waals surface area contributed by atoms with E-state index in [-0.39, 0.29) is 11.3 Å². The van der Waals surface area contributed by atoms with Crippen LogP contribution in [0.2, 0.25) is 0 Å². The number of aromatic hydroxyl groups is 1. The van der Waals surface area contributed by atoms with Crippen molar-refractivity contribution in [3.05, 3.63) is 53.6 Å². The van der Waals surface area contributed by atoms with Gasteiger partial charge in [-0.15, -0.1) is 0 Å². The summed E-state index contributed by atoms with van der Waals surface area (Å²) in [5, 5.41) is 24.8. The molecule has 4 N–H and O–H groups in total. The molecule has 2 amide bonds. The van der Waals surface area contributed by atoms with Gasteiger partial charge in [0.05, 0.1) is 26.9 Å². The van der Waals surface area contributed by atoms with Crippen LogP contribution < -0.4 is 15.4 Å². The maximum Gasteiger partial charge on any atom is 0.252 e. The van der Waals surface area contributed by atoms with E-state index in [4.69, 9.17) is 9.47 Å². The lowest BCUT2D eigenvalue weighted by Gasteiger charge is -2.26. The molecular formula is C22H27N3O6. The predicted molar refractivity (Wildman–Crippen MR) is 114 cm³/mol. The maximum atomic E-state index is 12.7. The van der Waals surface area contributed by atoms with Gasteiger partial charge in [-0.3, -0.25) is 14.5 Å². The molecule has 0 aliphatic carbocycles. The molecule has 0 bridgehead atoms. The molecule has 1 saturated heterocycles. The highest BCUT2D eigenvalue weighted by molar-refractivity contribution is 6.01. The summed E-state index contributed by atoms with van der Waals surface area (Å²) in [6.45, 7) is 2.82. The Bertz CT molecular complexity index is 914. The summed E-state index contributed by atoms with van der Waals surface area (Å²) < 4.78 is 10.5. The normalized spacial score (nSPS) is 15.2. The maximum absolute atomic E-state index is 12.7. The third kappa shape index (κ3) is 6.42. The minimum Gasteiger partial charge on any atom is -0.508 e. The lowest BCUT2D eigenvalue weighted by Crippen LogP contribution is -2.46. The number of carbonyl (C=O) groups is 2. The van der Waals surface area contributed by atoms with Gasteiger partial charge in [-0.25, -0.2) is 0 Å². The fourth-order valence-corrected chi connectivity index (χ4v) is 3.28. The Labute approximate surface area is 180 Å². The largest absolute Gasteiger partial charge is 0.508 e. The van der Waals surface area contributed by atoms with E-state index < -0.39 is 24.5 Å². The van der Waals surface area contributed by atoms with Gasteiger partial charge in [-0.2, -0.15) is 0 Å². The average molecular weight is 429 g/mol. The summed E-state index contributed by atoms with van der Waals surface area (Å²) >= 11 is 0. The third-order valence-corrected chi connectivity index (χ3v) is 4.89. The highest BCUT2D eigenvalue weighted by Gasteiger charge is 2.22. The number of ether oxygens (including phenoxy) is 2. The number of rotatable bonds is 8. The molecule has 1 atom stereocenters. The van der Waals surface area contributed by atoms with E-state index in [2.05, 4.69) is 15.5 Å². The number of hydrogen-bond donors (Lipinski definition) is 4. The molecule has 1 unspecified atom stereocenters. The van der Waals surface area contributed by atoms with Crippen LogP contribution in [0.15, 0.2) is 42.5 Å². The summed E-state index contributed by atoms with van der Waals surface area (Å²) in [5.41, 5.74) is 1.45. The van der Waals surface area contributed by atoms with E-state index in [1.165, 1.54) is 13.2 Å². The van der Waals surface area contributed by atoms with Gasteiger partial charge in [0, 0.05) is 37.0 Å². The second kappa shape index (κ2) is 10.8. The molecular weight excluding hydrogens is 402 g/mol. The number of morpholine rings is 1. The Hall–Kier alpha value is -3.14. The number of nitrogens with zero attached hydrogens (tertiary/aromatic N) is 1. The van der Waals surface area contributed by atoms with Crippen LogP contribution in [0.25, 0.3) is 0 Å². The zero-order valence-electron chi connectivity index (χ0n) is 17.3. The molecule has 9 heteroatoms. The lowest BCUT2D eigenvalue weighted by atomic mass is 10.1. The van der Waals surface area contributed by atoms with Gasteiger partial charge in [-0.05, 0) is 35.9 Å². The van der Waals surface area contributed by atoms with Gasteiger partial charge in [0.25, 0.3) is 5.91 Å². The van der Waals surface area contributed by atoms with Crippen molar-refractivity contribution in [3.8, 4) is 11.5 Å². The monoisotopic (exact) mass is 429 g/mol. The Balaban J connectivity index is 1.65. The first-order valence-electron chi connectivity index (χ1n) is 9.98. The zero-order valence-corrected chi connectivity index (χ0v) is 17.3. The van der Waals surface area contributed by atoms with Crippen molar-refractivity contribution in [2.24, 2.45) is 0 Å². The number of amides is 2. The van der Waals surface area contributed by atoms with Crippen molar-refractivity contribution in [1.29, 1.82) is 0 Å². The minimum atomic E-state index is -1.16. The highest BCUT2D eigenvalue weighted by Crippen LogP contribution is 2.19. The number of aliphatic hydroxyl groups excluding tert-OH is 1. The Morgan fingerprint density at radius 2 is 1.97 bits per heavy atom. The number of phenolic OH excluding ortho intramolecular Hbond substituents is 1. The van der Waals surface area contributed by atoms with E-state index in [9.17, 15) is 19.8 Å². The number of benzene rings is 2. The van der Waals surface area contributed by atoms with Crippen LogP contribution in [0, 0.1) is 0 Å². The Kier molecular flexibility index (Phi) is 7.82. The second-order valence-electron chi connectivity index (χ2n) is 7.21. The molecule has 0 radical (unpaired) electrons. The van der Waals surface area contributed by atoms with Gasteiger partial charge in [0.2, 0.25) is 5.91 Å². The molecule has 31 heavy (non-hydrogen) atoms.